The largest absolute Gasteiger partial charge is 0.411 e. The van der Waals surface area contributed by atoms with Crippen LogP contribution in [0.4, 0.5) is 11.4 Å². The van der Waals surface area contributed by atoms with Crippen LogP contribution in [0.25, 0.3) is 0 Å². The van der Waals surface area contributed by atoms with E-state index < -0.39 is 17.7 Å². The van der Waals surface area contributed by atoms with Gasteiger partial charge in [0.05, 0.1) is 12.0 Å². The normalized spacial score (nSPS) is 12.7. The molecule has 0 radical (unpaired) electrons. The number of carbonyl (C=O) groups excluding carboxylic acids is 8. The minimum atomic E-state index is -0.609. The van der Waals surface area contributed by atoms with Crippen LogP contribution in [0.2, 0.25) is 15.1 Å². The Hall–Kier alpha value is -7.58. The van der Waals surface area contributed by atoms with Gasteiger partial charge in [-0.15, -0.1) is 0 Å². The molecule has 0 spiro atoms. The zero-order valence-corrected chi connectivity index (χ0v) is 43.6. The van der Waals surface area contributed by atoms with E-state index in [0.717, 1.165) is 67.5 Å². The third kappa shape index (κ3) is 16.0. The maximum absolute atomic E-state index is 11.4. The summed E-state index contributed by atoms with van der Waals surface area (Å²) in [5, 5.41) is 12.4. The lowest BCUT2D eigenvalue weighted by atomic mass is 9.97. The summed E-state index contributed by atoms with van der Waals surface area (Å²) in [6.45, 7) is 13.2. The van der Waals surface area contributed by atoms with Gasteiger partial charge in [-0.1, -0.05) is 108 Å². The van der Waals surface area contributed by atoms with Crippen LogP contribution in [0.5, 0.6) is 0 Å². The summed E-state index contributed by atoms with van der Waals surface area (Å²) in [7, 11) is 0. The number of oxime groups is 1. The highest BCUT2D eigenvalue weighted by Crippen LogP contribution is 2.28. The first kappa shape index (κ1) is 58.0. The number of carbonyl (C=O) groups is 8. The standard InChI is InChI=1S/C10H12ClNO.C10H7ClO3.C10H7ClO2.C10H11NO2.C10H8O2.C7H9N/c1-3-9(13)8-5-7(11)4-6(2)10(8)12;1-5-2-6(11)3-8-7(5)4-9(12)14-10(8)13;1-5-2-6(11)3-8-7(5)4-9(12)10(8)13;1-8-4-2-3-5-9(8)6-10(12)7-11-13;1-6-3-2-4-7-8(6)5-9(11)10(7)12;1-6-4-2-3-5-7(6)8/h4-5H,3,12H2,1-2H3;2-3H,4H2,1H3;2-3H,4H2,1H3;2-5,7,13H,6H2,1H3;2-4H,5H2,1H3;2-5H,8H2,1H3/b;;;11-7+;;. The quantitative estimate of drug-likeness (QED) is 0.0214. The lowest BCUT2D eigenvalue weighted by molar-refractivity contribution is -0.137. The van der Waals surface area contributed by atoms with Crippen molar-refractivity contribution < 1.29 is 48.3 Å². The molecule has 0 saturated heterocycles. The van der Waals surface area contributed by atoms with E-state index in [2.05, 4.69) is 9.89 Å². The van der Waals surface area contributed by atoms with Crippen molar-refractivity contribution in [1.29, 1.82) is 0 Å². The highest BCUT2D eigenvalue weighted by molar-refractivity contribution is 6.48. The van der Waals surface area contributed by atoms with Gasteiger partial charge in [-0.3, -0.25) is 33.6 Å². The summed E-state index contributed by atoms with van der Waals surface area (Å²) < 4.78 is 4.49. The summed E-state index contributed by atoms with van der Waals surface area (Å²) in [6.07, 6.45) is 2.33. The Morgan fingerprint density at radius 1 is 0.589 bits per heavy atom. The second-order valence-electron chi connectivity index (χ2n) is 17.0. The fourth-order valence-corrected chi connectivity index (χ4v) is 8.36. The van der Waals surface area contributed by atoms with Crippen LogP contribution in [0.3, 0.4) is 0 Å². The first-order valence-electron chi connectivity index (χ1n) is 22.7. The van der Waals surface area contributed by atoms with Crippen LogP contribution < -0.4 is 11.5 Å². The molecule has 1 aliphatic heterocycles. The predicted molar refractivity (Wildman–Crippen MR) is 285 cm³/mol. The molecule has 1 heterocycles. The number of halogens is 3. The van der Waals surface area contributed by atoms with Crippen molar-refractivity contribution >= 4 is 99.0 Å². The van der Waals surface area contributed by atoms with Crippen molar-refractivity contribution in [3.63, 3.8) is 0 Å². The zero-order chi connectivity index (χ0) is 54.3. The number of anilines is 2. The summed E-state index contributed by atoms with van der Waals surface area (Å²) in [5.74, 6) is -2.62. The maximum Gasteiger partial charge on any atom is 0.346 e. The van der Waals surface area contributed by atoms with Gasteiger partial charge in [0.2, 0.25) is 23.1 Å². The van der Waals surface area contributed by atoms with Crippen molar-refractivity contribution in [2.75, 3.05) is 11.5 Å². The molecule has 16 heteroatoms. The third-order valence-corrected chi connectivity index (χ3v) is 12.3. The van der Waals surface area contributed by atoms with Crippen LogP contribution >= 0.6 is 34.8 Å². The van der Waals surface area contributed by atoms with E-state index >= 15 is 0 Å². The molecular formula is C57H54Cl3N3O10. The molecule has 0 saturated carbocycles. The van der Waals surface area contributed by atoms with E-state index in [4.69, 9.17) is 51.5 Å². The van der Waals surface area contributed by atoms with Gasteiger partial charge in [0, 0.05) is 68.8 Å². The monoisotopic (exact) mass is 1050 g/mol. The number of aryl methyl sites for hydroxylation is 6. The number of nitrogens with zero attached hydrogens (tertiary/aromatic N) is 1. The molecule has 0 amide bonds. The fourth-order valence-electron chi connectivity index (χ4n) is 7.54. The van der Waals surface area contributed by atoms with E-state index in [-0.39, 0.29) is 48.2 Å². The smallest absolute Gasteiger partial charge is 0.346 e. The third-order valence-electron chi connectivity index (χ3n) is 11.7. The highest BCUT2D eigenvalue weighted by atomic mass is 35.5. The van der Waals surface area contributed by atoms with Crippen molar-refractivity contribution in [3.8, 4) is 0 Å². The van der Waals surface area contributed by atoms with E-state index in [0.29, 0.717) is 55.9 Å². The molecule has 5 N–H and O–H groups in total. The van der Waals surface area contributed by atoms with Crippen LogP contribution in [0.15, 0.2) is 108 Å². The van der Waals surface area contributed by atoms with E-state index in [1.165, 1.54) is 6.07 Å². The second-order valence-corrected chi connectivity index (χ2v) is 18.3. The van der Waals surface area contributed by atoms with Gasteiger partial charge in [0.15, 0.2) is 11.6 Å². The maximum atomic E-state index is 11.4. The van der Waals surface area contributed by atoms with Crippen molar-refractivity contribution in [2.24, 2.45) is 5.16 Å². The Labute approximate surface area is 438 Å². The average Bonchev–Trinajstić information content (AvgIpc) is 3.80. The molecule has 9 rings (SSSR count). The number of hydrogen-bond donors (Lipinski definition) is 3. The Balaban J connectivity index is 0.000000191. The highest BCUT2D eigenvalue weighted by Gasteiger charge is 2.30. The molecule has 6 aromatic carbocycles. The summed E-state index contributed by atoms with van der Waals surface area (Å²) in [6, 6.07) is 30.9. The zero-order valence-electron chi connectivity index (χ0n) is 41.3. The van der Waals surface area contributed by atoms with Gasteiger partial charge >= 0.3 is 11.9 Å². The molecule has 0 aromatic heterocycles. The molecule has 2 aliphatic carbocycles. The Morgan fingerprint density at radius 2 is 1.08 bits per heavy atom. The molecule has 3 aliphatic rings. The van der Waals surface area contributed by atoms with Gasteiger partial charge in [-0.2, -0.15) is 0 Å². The molecule has 13 nitrogen and oxygen atoms in total. The Morgan fingerprint density at radius 3 is 1.62 bits per heavy atom. The number of ketones is 6. The van der Waals surface area contributed by atoms with E-state index in [9.17, 15) is 38.4 Å². The number of ether oxygens (including phenoxy) is 1. The van der Waals surface area contributed by atoms with Gasteiger partial charge in [0.25, 0.3) is 0 Å². The fraction of sp³-hybridized carbons (Fsp3) is 0.211. The van der Waals surface area contributed by atoms with Crippen LogP contribution in [0.1, 0.15) is 110 Å². The molecule has 0 bridgehead atoms. The molecule has 0 atom stereocenters. The molecule has 6 aromatic rings. The number of para-hydroxylation sites is 1. The number of benzene rings is 6. The number of rotatable bonds is 5. The van der Waals surface area contributed by atoms with E-state index in [1.54, 1.807) is 43.3 Å². The van der Waals surface area contributed by atoms with Crippen molar-refractivity contribution in [2.45, 2.75) is 80.6 Å². The van der Waals surface area contributed by atoms with Gasteiger partial charge in [-0.05, 0) is 140 Å². The van der Waals surface area contributed by atoms with Crippen molar-refractivity contribution in [3.05, 3.63) is 196 Å². The Kier molecular flexibility index (Phi) is 21.3. The molecule has 73 heavy (non-hydrogen) atoms. The van der Waals surface area contributed by atoms with Gasteiger partial charge < -0.3 is 21.4 Å². The van der Waals surface area contributed by atoms with Gasteiger partial charge in [-0.25, -0.2) is 4.79 Å². The first-order chi connectivity index (χ1) is 34.5. The van der Waals surface area contributed by atoms with Crippen LogP contribution in [0, 0.1) is 41.5 Å². The first-order valence-corrected chi connectivity index (χ1v) is 23.8. The molecule has 0 fully saturated rings. The van der Waals surface area contributed by atoms with Crippen LogP contribution in [-0.4, -0.2) is 58.1 Å². The number of nitrogen functional groups attached to an aromatic ring is 2. The second kappa shape index (κ2) is 26.7. The summed E-state index contributed by atoms with van der Waals surface area (Å²) in [5.41, 5.74) is 24.0. The molecular weight excluding hydrogens is 993 g/mol. The summed E-state index contributed by atoms with van der Waals surface area (Å²) in [4.78, 5) is 89.4. The predicted octanol–water partition coefficient (Wildman–Crippen LogP) is 11.1. The minimum Gasteiger partial charge on any atom is -0.411 e. The topological polar surface area (TPSA) is 230 Å². The number of esters is 2. The average molecular weight is 1050 g/mol. The molecule has 0 unspecified atom stereocenters. The SMILES string of the molecule is CCC(=O)c1cc(Cl)cc(C)c1N.Cc1cc(Cl)cc2c1CC(=O)C2=O.Cc1cc(Cl)cc2c1CC(=O)OC2=O.Cc1cccc2c1CC(=O)C2=O.Cc1ccccc1CC(=O)/C=N/O.Cc1ccccc1N. The number of Topliss-reactive ketones (excluding diaryl/α,β-unsaturated/α-hetero) is 6. The number of nitrogens with two attached hydrogens (primary N) is 2. The van der Waals surface area contributed by atoms with Crippen LogP contribution in [-0.2, 0) is 49.6 Å². The van der Waals surface area contributed by atoms with Gasteiger partial charge in [0.1, 0.15) is 6.21 Å². The lowest BCUT2D eigenvalue weighted by Gasteiger charge is -2.16. The van der Waals surface area contributed by atoms with Crippen molar-refractivity contribution in [1.82, 2.24) is 0 Å². The number of cyclic esters (lactones) is 2. The number of fused-ring (bicyclic) bond motifs is 3. The van der Waals surface area contributed by atoms with E-state index in [1.807, 2.05) is 102 Å². The summed E-state index contributed by atoms with van der Waals surface area (Å²) >= 11 is 17.4. The minimum absolute atomic E-state index is 0.0306. The lowest BCUT2D eigenvalue weighted by Crippen LogP contribution is -2.23. The molecule has 378 valence electrons. The number of hydrogen-bond acceptors (Lipinski definition) is 13. The Bertz CT molecular complexity index is 3160.